The fourth-order valence-electron chi connectivity index (χ4n) is 6.17. The third-order valence-electron chi connectivity index (χ3n) is 8.13. The van der Waals surface area contributed by atoms with Gasteiger partial charge in [-0.1, -0.05) is 42.5 Å². The van der Waals surface area contributed by atoms with E-state index in [2.05, 4.69) is 10.1 Å². The normalized spacial score (nSPS) is 23.7. The number of alkyl halides is 3. The van der Waals surface area contributed by atoms with Crippen LogP contribution >= 0.6 is 0 Å². The molecule has 2 aliphatic heterocycles. The van der Waals surface area contributed by atoms with Gasteiger partial charge in [-0.3, -0.25) is 14.5 Å². The molecule has 3 fully saturated rings. The van der Waals surface area contributed by atoms with Crippen LogP contribution in [-0.2, 0) is 11.3 Å². The van der Waals surface area contributed by atoms with Crippen molar-refractivity contribution in [2.24, 2.45) is 5.41 Å². The zero-order valence-electron chi connectivity index (χ0n) is 21.0. The smallest absolute Gasteiger partial charge is 0.405 e. The number of likely N-dealkylation sites (tertiary alicyclic amines) is 2. The van der Waals surface area contributed by atoms with E-state index >= 15 is 0 Å². The molecule has 2 heterocycles. The number of para-hydroxylation sites is 1. The van der Waals surface area contributed by atoms with Crippen LogP contribution in [0, 0.1) is 5.41 Å². The standard InChI is InChI=1S/C28H32F3N3O4/c29-28(30,31)38-23-9-5-4-8-21(23)26(37)33-14-11-27(12-15-33)16-20(17-27)32-25(36)24-22(35)10-13-34(24)18-19-6-2-1-3-7-19/h1-9,20,22,24,35H,10-18H2,(H,32,36)/t22-,24-/m0/s1. The number of amides is 2. The number of ether oxygens (including phenoxy) is 1. The Kier molecular flexibility index (Phi) is 7.37. The molecule has 204 valence electrons. The highest BCUT2D eigenvalue weighted by Gasteiger charge is 2.48. The lowest BCUT2D eigenvalue weighted by Gasteiger charge is -2.52. The van der Waals surface area contributed by atoms with Gasteiger partial charge in [0.15, 0.2) is 0 Å². The van der Waals surface area contributed by atoms with E-state index < -0.39 is 30.2 Å². The Morgan fingerprint density at radius 2 is 1.66 bits per heavy atom. The van der Waals surface area contributed by atoms with Gasteiger partial charge in [-0.05, 0) is 55.2 Å². The number of hydrogen-bond acceptors (Lipinski definition) is 5. The maximum Gasteiger partial charge on any atom is 0.573 e. The van der Waals surface area contributed by atoms with E-state index in [4.69, 9.17) is 0 Å². The molecule has 0 radical (unpaired) electrons. The molecule has 38 heavy (non-hydrogen) atoms. The predicted molar refractivity (Wildman–Crippen MR) is 133 cm³/mol. The number of piperidine rings is 1. The number of rotatable bonds is 6. The topological polar surface area (TPSA) is 82.1 Å². The first-order valence-electron chi connectivity index (χ1n) is 13.0. The molecule has 2 N–H and O–H groups in total. The van der Waals surface area contributed by atoms with E-state index in [0.717, 1.165) is 37.3 Å². The summed E-state index contributed by atoms with van der Waals surface area (Å²) >= 11 is 0. The molecule has 1 spiro atoms. The summed E-state index contributed by atoms with van der Waals surface area (Å²) < 4.78 is 42.3. The van der Waals surface area contributed by atoms with Gasteiger partial charge in [0.2, 0.25) is 5.91 Å². The summed E-state index contributed by atoms with van der Waals surface area (Å²) in [5.74, 6) is -1.12. The number of aliphatic hydroxyl groups is 1. The second-order valence-electron chi connectivity index (χ2n) is 10.7. The molecule has 2 amide bonds. The monoisotopic (exact) mass is 531 g/mol. The molecular weight excluding hydrogens is 499 g/mol. The van der Waals surface area contributed by atoms with E-state index in [1.165, 1.54) is 18.2 Å². The van der Waals surface area contributed by atoms with Crippen LogP contribution in [0.4, 0.5) is 13.2 Å². The lowest BCUT2D eigenvalue weighted by Crippen LogP contribution is -2.58. The first kappa shape index (κ1) is 26.5. The lowest BCUT2D eigenvalue weighted by molar-refractivity contribution is -0.274. The van der Waals surface area contributed by atoms with Crippen LogP contribution in [0.15, 0.2) is 54.6 Å². The summed E-state index contributed by atoms with van der Waals surface area (Å²) in [6.45, 7) is 2.13. The van der Waals surface area contributed by atoms with E-state index in [1.54, 1.807) is 4.90 Å². The average Bonchev–Trinajstić information content (AvgIpc) is 3.23. The summed E-state index contributed by atoms with van der Waals surface area (Å²) in [5, 5.41) is 13.6. The van der Waals surface area contributed by atoms with Crippen molar-refractivity contribution in [2.75, 3.05) is 19.6 Å². The van der Waals surface area contributed by atoms with Gasteiger partial charge in [0, 0.05) is 32.2 Å². The number of carbonyl (C=O) groups excluding carboxylic acids is 2. The minimum Gasteiger partial charge on any atom is -0.405 e. The van der Waals surface area contributed by atoms with Crippen LogP contribution in [0.2, 0.25) is 0 Å². The number of hydrogen-bond donors (Lipinski definition) is 2. The molecule has 1 aliphatic carbocycles. The number of nitrogens with one attached hydrogen (secondary N) is 1. The minimum atomic E-state index is -4.87. The summed E-state index contributed by atoms with van der Waals surface area (Å²) in [6.07, 6.45) is -2.00. The molecule has 5 rings (SSSR count). The third kappa shape index (κ3) is 5.81. The van der Waals surface area contributed by atoms with Gasteiger partial charge < -0.3 is 20.1 Å². The Labute approximate surface area is 219 Å². The number of halogens is 3. The Morgan fingerprint density at radius 3 is 2.34 bits per heavy atom. The quantitative estimate of drug-likeness (QED) is 0.594. The SMILES string of the molecule is O=C(NC1CC2(CCN(C(=O)c3ccccc3OC(F)(F)F)CC2)C1)[C@@H]1[C@@H](O)CCN1Cc1ccccc1. The average molecular weight is 532 g/mol. The van der Waals surface area contributed by atoms with Crippen LogP contribution in [0.25, 0.3) is 0 Å². The van der Waals surface area contributed by atoms with Gasteiger partial charge in [-0.25, -0.2) is 0 Å². The highest BCUT2D eigenvalue weighted by Crippen LogP contribution is 2.49. The molecule has 2 saturated heterocycles. The largest absolute Gasteiger partial charge is 0.573 e. The molecule has 10 heteroatoms. The maximum atomic E-state index is 13.1. The van der Waals surface area contributed by atoms with Gasteiger partial charge in [-0.2, -0.15) is 0 Å². The van der Waals surface area contributed by atoms with Crippen molar-refractivity contribution in [1.82, 2.24) is 15.1 Å². The van der Waals surface area contributed by atoms with E-state index in [0.29, 0.717) is 32.6 Å². The van der Waals surface area contributed by atoms with Crippen molar-refractivity contribution >= 4 is 11.8 Å². The van der Waals surface area contributed by atoms with E-state index in [9.17, 15) is 27.9 Å². The van der Waals surface area contributed by atoms with Crippen LogP contribution in [0.3, 0.4) is 0 Å². The summed E-state index contributed by atoms with van der Waals surface area (Å²) in [6, 6.07) is 14.7. The first-order chi connectivity index (χ1) is 18.1. The Balaban J connectivity index is 1.12. The van der Waals surface area contributed by atoms with Crippen LogP contribution in [0.1, 0.15) is 48.0 Å². The summed E-state index contributed by atoms with van der Waals surface area (Å²) in [7, 11) is 0. The predicted octanol–water partition coefficient (Wildman–Crippen LogP) is 3.72. The molecule has 2 atom stereocenters. The zero-order chi connectivity index (χ0) is 26.9. The molecule has 0 bridgehead atoms. The Bertz CT molecular complexity index is 1140. The molecule has 3 aliphatic rings. The Hall–Kier alpha value is -3.11. The van der Waals surface area contributed by atoms with Crippen molar-refractivity contribution in [3.63, 3.8) is 0 Å². The number of carbonyl (C=O) groups is 2. The summed E-state index contributed by atoms with van der Waals surface area (Å²) in [4.78, 5) is 29.7. The van der Waals surface area contributed by atoms with Crippen molar-refractivity contribution in [3.05, 3.63) is 65.7 Å². The van der Waals surface area contributed by atoms with Crippen LogP contribution in [0.5, 0.6) is 5.75 Å². The Morgan fingerprint density at radius 1 is 1.00 bits per heavy atom. The lowest BCUT2D eigenvalue weighted by atomic mass is 9.60. The molecule has 2 aromatic rings. The van der Waals surface area contributed by atoms with E-state index in [-0.39, 0.29) is 22.9 Å². The number of aliphatic hydroxyl groups excluding tert-OH is 1. The van der Waals surface area contributed by atoms with E-state index in [1.807, 2.05) is 35.2 Å². The molecule has 0 aromatic heterocycles. The minimum absolute atomic E-state index is 0.00866. The fraction of sp³-hybridized carbons (Fsp3) is 0.500. The van der Waals surface area contributed by atoms with Crippen LogP contribution in [-0.4, -0.2) is 70.9 Å². The number of nitrogens with zero attached hydrogens (tertiary/aromatic N) is 2. The van der Waals surface area contributed by atoms with Gasteiger partial charge in [-0.15, -0.1) is 13.2 Å². The fourth-order valence-corrected chi connectivity index (χ4v) is 6.17. The molecule has 7 nitrogen and oxygen atoms in total. The van der Waals surface area contributed by atoms with Crippen molar-refractivity contribution < 1.29 is 32.6 Å². The zero-order valence-corrected chi connectivity index (χ0v) is 21.0. The van der Waals surface area contributed by atoms with Crippen molar-refractivity contribution in [1.29, 1.82) is 0 Å². The summed E-state index contributed by atoms with van der Waals surface area (Å²) in [5.41, 5.74) is 1.000. The van der Waals surface area contributed by atoms with Gasteiger partial charge in [0.1, 0.15) is 11.8 Å². The van der Waals surface area contributed by atoms with Gasteiger partial charge in [0.05, 0.1) is 11.7 Å². The second kappa shape index (κ2) is 10.6. The number of benzene rings is 2. The van der Waals surface area contributed by atoms with Crippen molar-refractivity contribution in [2.45, 2.75) is 63.2 Å². The van der Waals surface area contributed by atoms with Gasteiger partial charge >= 0.3 is 6.36 Å². The van der Waals surface area contributed by atoms with Crippen molar-refractivity contribution in [3.8, 4) is 5.75 Å². The molecule has 1 saturated carbocycles. The molecule has 0 unspecified atom stereocenters. The first-order valence-corrected chi connectivity index (χ1v) is 13.0. The van der Waals surface area contributed by atoms with Crippen LogP contribution < -0.4 is 10.1 Å². The highest BCUT2D eigenvalue weighted by atomic mass is 19.4. The second-order valence-corrected chi connectivity index (χ2v) is 10.7. The molecular formula is C28H32F3N3O4. The third-order valence-corrected chi connectivity index (χ3v) is 8.13. The maximum absolute atomic E-state index is 13.1. The highest BCUT2D eigenvalue weighted by molar-refractivity contribution is 5.97. The molecule has 2 aromatic carbocycles. The van der Waals surface area contributed by atoms with Gasteiger partial charge in [0.25, 0.3) is 5.91 Å².